The van der Waals surface area contributed by atoms with Crippen LogP contribution in [0.3, 0.4) is 0 Å². The SMILES string of the molecule is CC(=O)N1CCN(C2(c3cc4ccccc4s3)CCCCC2)CC1. The predicted molar refractivity (Wildman–Crippen MR) is 100 cm³/mol. The first kappa shape index (κ1) is 16.1. The minimum absolute atomic E-state index is 0.199. The van der Waals surface area contributed by atoms with E-state index < -0.39 is 0 Å². The third-order valence-corrected chi connectivity index (χ3v) is 7.20. The Morgan fingerprint density at radius 3 is 2.42 bits per heavy atom. The monoisotopic (exact) mass is 342 g/mol. The highest BCUT2D eigenvalue weighted by Crippen LogP contribution is 2.46. The summed E-state index contributed by atoms with van der Waals surface area (Å²) in [7, 11) is 0. The lowest BCUT2D eigenvalue weighted by Crippen LogP contribution is -2.56. The molecule has 2 fully saturated rings. The number of thiophene rings is 1. The van der Waals surface area contributed by atoms with E-state index in [2.05, 4.69) is 35.2 Å². The Hall–Kier alpha value is -1.39. The van der Waals surface area contributed by atoms with Crippen molar-refractivity contribution in [1.29, 1.82) is 0 Å². The standard InChI is InChI=1S/C20H26N2OS/c1-16(23)21-11-13-22(14-12-21)20(9-5-2-6-10-20)19-15-17-7-3-4-8-18(17)24-19/h3-4,7-8,15H,2,5-6,9-14H2,1H3. The van der Waals surface area contributed by atoms with E-state index in [1.165, 1.54) is 42.2 Å². The summed E-state index contributed by atoms with van der Waals surface area (Å²) in [6.45, 7) is 5.46. The van der Waals surface area contributed by atoms with Crippen molar-refractivity contribution in [1.82, 2.24) is 9.80 Å². The Balaban J connectivity index is 1.66. The number of hydrogen-bond donors (Lipinski definition) is 0. The number of rotatable bonds is 2. The van der Waals surface area contributed by atoms with Gasteiger partial charge in [-0.05, 0) is 30.4 Å². The zero-order valence-electron chi connectivity index (χ0n) is 14.5. The molecule has 1 aromatic carbocycles. The van der Waals surface area contributed by atoms with Crippen molar-refractivity contribution in [2.45, 2.75) is 44.6 Å². The molecule has 3 nitrogen and oxygen atoms in total. The van der Waals surface area contributed by atoms with Gasteiger partial charge >= 0.3 is 0 Å². The van der Waals surface area contributed by atoms with Gasteiger partial charge in [-0.2, -0.15) is 0 Å². The molecule has 2 aromatic rings. The van der Waals surface area contributed by atoms with Crippen LogP contribution in [0.15, 0.2) is 30.3 Å². The van der Waals surface area contributed by atoms with Gasteiger partial charge in [0.25, 0.3) is 0 Å². The molecule has 1 amide bonds. The first-order valence-corrected chi connectivity index (χ1v) is 10.0. The predicted octanol–water partition coefficient (Wildman–Crippen LogP) is 4.22. The van der Waals surface area contributed by atoms with Crippen molar-refractivity contribution >= 4 is 27.3 Å². The molecule has 4 rings (SSSR count). The Bertz CT molecular complexity index is 691. The fraction of sp³-hybridized carbons (Fsp3) is 0.550. The lowest BCUT2D eigenvalue weighted by molar-refractivity contribution is -0.132. The molecule has 4 heteroatoms. The smallest absolute Gasteiger partial charge is 0.219 e. The summed E-state index contributed by atoms with van der Waals surface area (Å²) < 4.78 is 1.40. The number of carbonyl (C=O) groups is 1. The molecule has 2 heterocycles. The second-order valence-corrected chi connectivity index (χ2v) is 8.32. The number of amides is 1. The Morgan fingerprint density at radius 2 is 1.75 bits per heavy atom. The number of benzene rings is 1. The van der Waals surface area contributed by atoms with Gasteiger partial charge in [-0.25, -0.2) is 0 Å². The number of piperazine rings is 1. The second kappa shape index (κ2) is 6.49. The highest BCUT2D eigenvalue weighted by Gasteiger charge is 2.42. The number of hydrogen-bond acceptors (Lipinski definition) is 3. The summed E-state index contributed by atoms with van der Waals surface area (Å²) in [5.41, 5.74) is 0.199. The van der Waals surface area contributed by atoms with E-state index in [-0.39, 0.29) is 11.4 Å². The van der Waals surface area contributed by atoms with E-state index in [0.29, 0.717) is 0 Å². The molecule has 1 aromatic heterocycles. The number of fused-ring (bicyclic) bond motifs is 1. The number of nitrogens with zero attached hydrogens (tertiary/aromatic N) is 2. The zero-order valence-corrected chi connectivity index (χ0v) is 15.3. The summed E-state index contributed by atoms with van der Waals surface area (Å²) in [4.78, 5) is 17.9. The average Bonchev–Trinajstić information content (AvgIpc) is 3.07. The lowest BCUT2D eigenvalue weighted by Gasteiger charge is -2.49. The van der Waals surface area contributed by atoms with Crippen molar-refractivity contribution in [3.8, 4) is 0 Å². The van der Waals surface area contributed by atoms with E-state index in [9.17, 15) is 4.79 Å². The molecule has 1 aliphatic carbocycles. The van der Waals surface area contributed by atoms with Crippen LogP contribution in [0.5, 0.6) is 0 Å². The highest BCUT2D eigenvalue weighted by atomic mass is 32.1. The molecule has 0 unspecified atom stereocenters. The molecule has 0 bridgehead atoms. The minimum Gasteiger partial charge on any atom is -0.340 e. The Labute approximate surface area is 148 Å². The topological polar surface area (TPSA) is 23.6 Å². The second-order valence-electron chi connectivity index (χ2n) is 7.23. The van der Waals surface area contributed by atoms with Crippen molar-refractivity contribution in [3.63, 3.8) is 0 Å². The quantitative estimate of drug-likeness (QED) is 0.815. The van der Waals surface area contributed by atoms with Gasteiger partial charge in [-0.1, -0.05) is 37.5 Å². The maximum absolute atomic E-state index is 11.7. The van der Waals surface area contributed by atoms with Gasteiger partial charge in [0.15, 0.2) is 0 Å². The third kappa shape index (κ3) is 2.76. The van der Waals surface area contributed by atoms with Crippen LogP contribution in [-0.4, -0.2) is 41.9 Å². The van der Waals surface area contributed by atoms with Gasteiger partial charge < -0.3 is 4.90 Å². The third-order valence-electron chi connectivity index (χ3n) is 5.90. The van der Waals surface area contributed by atoms with Gasteiger partial charge in [0.05, 0.1) is 5.54 Å². The largest absolute Gasteiger partial charge is 0.340 e. The maximum Gasteiger partial charge on any atom is 0.219 e. The van der Waals surface area contributed by atoms with Crippen molar-refractivity contribution in [2.75, 3.05) is 26.2 Å². The molecule has 0 atom stereocenters. The maximum atomic E-state index is 11.7. The fourth-order valence-electron chi connectivity index (χ4n) is 4.52. The van der Waals surface area contributed by atoms with Crippen LogP contribution < -0.4 is 0 Å². The first-order valence-electron chi connectivity index (χ1n) is 9.19. The molecule has 0 spiro atoms. The molecule has 0 N–H and O–H groups in total. The molecule has 1 saturated carbocycles. The summed E-state index contributed by atoms with van der Waals surface area (Å²) in [6, 6.07) is 11.2. The Kier molecular flexibility index (Phi) is 4.35. The van der Waals surface area contributed by atoms with E-state index in [4.69, 9.17) is 0 Å². The lowest BCUT2D eigenvalue weighted by atomic mass is 9.78. The molecular weight excluding hydrogens is 316 g/mol. The van der Waals surface area contributed by atoms with E-state index in [0.717, 1.165) is 26.2 Å². The average molecular weight is 343 g/mol. The van der Waals surface area contributed by atoms with Gasteiger partial charge in [-0.15, -0.1) is 11.3 Å². The van der Waals surface area contributed by atoms with Crippen LogP contribution in [0.4, 0.5) is 0 Å². The van der Waals surface area contributed by atoms with Crippen molar-refractivity contribution in [2.24, 2.45) is 0 Å². The normalized spacial score (nSPS) is 22.0. The Morgan fingerprint density at radius 1 is 1.04 bits per heavy atom. The van der Waals surface area contributed by atoms with Crippen molar-refractivity contribution in [3.05, 3.63) is 35.2 Å². The molecule has 2 aliphatic rings. The van der Waals surface area contributed by atoms with Crippen molar-refractivity contribution < 1.29 is 4.79 Å². The zero-order chi connectivity index (χ0) is 16.6. The summed E-state index contributed by atoms with van der Waals surface area (Å²) >= 11 is 1.98. The molecule has 128 valence electrons. The molecule has 1 saturated heterocycles. The van der Waals surface area contributed by atoms with Crippen LogP contribution in [0.2, 0.25) is 0 Å². The first-order chi connectivity index (χ1) is 11.7. The van der Waals surface area contributed by atoms with E-state index >= 15 is 0 Å². The number of carbonyl (C=O) groups excluding carboxylic acids is 1. The van der Waals surface area contributed by atoms with Gasteiger partial charge in [0.2, 0.25) is 5.91 Å². The van der Waals surface area contributed by atoms with Gasteiger partial charge in [0, 0.05) is 42.7 Å². The molecule has 24 heavy (non-hydrogen) atoms. The van der Waals surface area contributed by atoms with Crippen LogP contribution in [-0.2, 0) is 10.3 Å². The summed E-state index contributed by atoms with van der Waals surface area (Å²) in [5, 5.41) is 1.38. The summed E-state index contributed by atoms with van der Waals surface area (Å²) in [5.74, 6) is 0.217. The van der Waals surface area contributed by atoms with Crippen LogP contribution >= 0.6 is 11.3 Å². The van der Waals surface area contributed by atoms with Crippen LogP contribution in [0.1, 0.15) is 43.9 Å². The van der Waals surface area contributed by atoms with Gasteiger partial charge in [0.1, 0.15) is 0 Å². The van der Waals surface area contributed by atoms with Gasteiger partial charge in [-0.3, -0.25) is 9.69 Å². The minimum atomic E-state index is 0.199. The summed E-state index contributed by atoms with van der Waals surface area (Å²) in [6.07, 6.45) is 6.53. The highest BCUT2D eigenvalue weighted by molar-refractivity contribution is 7.19. The molecule has 0 radical (unpaired) electrons. The van der Waals surface area contributed by atoms with Crippen LogP contribution in [0, 0.1) is 0 Å². The van der Waals surface area contributed by atoms with E-state index in [1.807, 2.05) is 16.2 Å². The molecular formula is C20H26N2OS. The van der Waals surface area contributed by atoms with Crippen LogP contribution in [0.25, 0.3) is 10.1 Å². The fourth-order valence-corrected chi connectivity index (χ4v) is 5.85. The molecule has 1 aliphatic heterocycles. The van der Waals surface area contributed by atoms with E-state index in [1.54, 1.807) is 11.8 Å².